The molecular formula is C20H29NO4. The summed E-state index contributed by atoms with van der Waals surface area (Å²) in [5, 5.41) is 12.2. The summed E-state index contributed by atoms with van der Waals surface area (Å²) in [5.74, 6) is -1.30. The molecule has 25 heavy (non-hydrogen) atoms. The number of hydrogen-bond acceptors (Lipinski definition) is 3. The van der Waals surface area contributed by atoms with E-state index in [0.717, 1.165) is 32.1 Å². The van der Waals surface area contributed by atoms with E-state index in [4.69, 9.17) is 4.74 Å². The number of aryl methyl sites for hydroxylation is 2. The summed E-state index contributed by atoms with van der Waals surface area (Å²) < 4.78 is 5.28. The van der Waals surface area contributed by atoms with Crippen LogP contribution in [-0.4, -0.2) is 36.7 Å². The van der Waals surface area contributed by atoms with Crippen LogP contribution in [0.2, 0.25) is 0 Å². The van der Waals surface area contributed by atoms with Crippen LogP contribution in [0.1, 0.15) is 43.2 Å². The van der Waals surface area contributed by atoms with Crippen molar-refractivity contribution < 1.29 is 19.4 Å². The maximum atomic E-state index is 12.0. The number of ether oxygens (including phenoxy) is 1. The van der Waals surface area contributed by atoms with Crippen molar-refractivity contribution in [2.45, 2.75) is 45.4 Å². The van der Waals surface area contributed by atoms with E-state index in [1.807, 2.05) is 0 Å². The van der Waals surface area contributed by atoms with Crippen LogP contribution in [0.15, 0.2) is 24.3 Å². The van der Waals surface area contributed by atoms with Crippen molar-refractivity contribution in [1.29, 1.82) is 0 Å². The highest BCUT2D eigenvalue weighted by Gasteiger charge is 2.29. The molecule has 0 saturated carbocycles. The fourth-order valence-electron chi connectivity index (χ4n) is 3.26. The first-order valence-corrected chi connectivity index (χ1v) is 9.19. The second kappa shape index (κ2) is 10.2. The Kier molecular flexibility index (Phi) is 7.92. The highest BCUT2D eigenvalue weighted by atomic mass is 16.5. The Morgan fingerprint density at radius 2 is 1.88 bits per heavy atom. The Bertz CT molecular complexity index is 549. The van der Waals surface area contributed by atoms with Gasteiger partial charge >= 0.3 is 5.97 Å². The van der Waals surface area contributed by atoms with Crippen LogP contribution in [0, 0.1) is 18.8 Å². The maximum absolute atomic E-state index is 12.0. The van der Waals surface area contributed by atoms with E-state index in [0.29, 0.717) is 19.6 Å². The van der Waals surface area contributed by atoms with Crippen molar-refractivity contribution in [3.63, 3.8) is 0 Å². The van der Waals surface area contributed by atoms with Gasteiger partial charge in [-0.25, -0.2) is 0 Å². The molecule has 1 atom stereocenters. The quantitative estimate of drug-likeness (QED) is 0.674. The molecule has 5 nitrogen and oxygen atoms in total. The van der Waals surface area contributed by atoms with Crippen molar-refractivity contribution in [3.8, 4) is 0 Å². The predicted octanol–water partition coefficient (Wildman–Crippen LogP) is 2.95. The molecule has 0 aromatic heterocycles. The van der Waals surface area contributed by atoms with Gasteiger partial charge in [-0.05, 0) is 50.5 Å². The molecule has 1 amide bonds. The first kappa shape index (κ1) is 19.4. The summed E-state index contributed by atoms with van der Waals surface area (Å²) in [7, 11) is 0. The molecule has 1 fully saturated rings. The van der Waals surface area contributed by atoms with Crippen LogP contribution < -0.4 is 5.32 Å². The van der Waals surface area contributed by atoms with Crippen LogP contribution in [0.3, 0.4) is 0 Å². The summed E-state index contributed by atoms with van der Waals surface area (Å²) in [6.07, 6.45) is 4.69. The van der Waals surface area contributed by atoms with Crippen LogP contribution in [0.25, 0.3) is 0 Å². The molecule has 5 heteroatoms. The van der Waals surface area contributed by atoms with Crippen LogP contribution in [0.4, 0.5) is 0 Å². The van der Waals surface area contributed by atoms with E-state index in [1.54, 1.807) is 0 Å². The molecule has 1 aliphatic rings. The molecule has 0 radical (unpaired) electrons. The number of nitrogens with one attached hydrogen (secondary N) is 1. The monoisotopic (exact) mass is 347 g/mol. The second-order valence-electron chi connectivity index (χ2n) is 6.89. The highest BCUT2D eigenvalue weighted by Crippen LogP contribution is 2.23. The topological polar surface area (TPSA) is 75.6 Å². The summed E-state index contributed by atoms with van der Waals surface area (Å²) in [5.41, 5.74) is 2.54. The van der Waals surface area contributed by atoms with Gasteiger partial charge in [-0.2, -0.15) is 0 Å². The zero-order valence-corrected chi connectivity index (χ0v) is 15.0. The lowest BCUT2D eigenvalue weighted by Gasteiger charge is -2.27. The molecule has 2 rings (SSSR count). The molecule has 138 valence electrons. The third-order valence-corrected chi connectivity index (χ3v) is 4.91. The van der Waals surface area contributed by atoms with Gasteiger partial charge in [0, 0.05) is 26.2 Å². The predicted molar refractivity (Wildman–Crippen MR) is 96.4 cm³/mol. The van der Waals surface area contributed by atoms with Crippen molar-refractivity contribution in [2.24, 2.45) is 11.8 Å². The van der Waals surface area contributed by atoms with Gasteiger partial charge in [0.1, 0.15) is 0 Å². The normalized spacial score (nSPS) is 16.4. The Morgan fingerprint density at radius 1 is 1.20 bits per heavy atom. The molecule has 2 N–H and O–H groups in total. The molecule has 0 aliphatic carbocycles. The summed E-state index contributed by atoms with van der Waals surface area (Å²) in [6, 6.07) is 8.45. The minimum absolute atomic E-state index is 0.0535. The van der Waals surface area contributed by atoms with Crippen LogP contribution in [0.5, 0.6) is 0 Å². The lowest BCUT2D eigenvalue weighted by Crippen LogP contribution is -2.38. The fourth-order valence-corrected chi connectivity index (χ4v) is 3.26. The smallest absolute Gasteiger partial charge is 0.308 e. The van der Waals surface area contributed by atoms with Crippen molar-refractivity contribution >= 4 is 11.9 Å². The SMILES string of the molecule is Cc1ccc(CCCCC(=O)NCC(C(=O)O)C2CCOCC2)cc1. The Balaban J connectivity index is 1.65. The van der Waals surface area contributed by atoms with E-state index in [9.17, 15) is 14.7 Å². The average molecular weight is 347 g/mol. The summed E-state index contributed by atoms with van der Waals surface area (Å²) in [6.45, 7) is 3.51. The minimum Gasteiger partial charge on any atom is -0.481 e. The van der Waals surface area contributed by atoms with E-state index < -0.39 is 11.9 Å². The molecule has 1 saturated heterocycles. The third-order valence-electron chi connectivity index (χ3n) is 4.91. The van der Waals surface area contributed by atoms with Gasteiger partial charge in [-0.3, -0.25) is 9.59 Å². The zero-order chi connectivity index (χ0) is 18.1. The highest BCUT2D eigenvalue weighted by molar-refractivity contribution is 5.77. The van der Waals surface area contributed by atoms with E-state index >= 15 is 0 Å². The fraction of sp³-hybridized carbons (Fsp3) is 0.600. The average Bonchev–Trinajstić information content (AvgIpc) is 2.61. The first-order chi connectivity index (χ1) is 12.1. The number of rotatable bonds is 9. The van der Waals surface area contributed by atoms with Gasteiger partial charge in [0.15, 0.2) is 0 Å². The molecule has 0 bridgehead atoms. The maximum Gasteiger partial charge on any atom is 0.308 e. The van der Waals surface area contributed by atoms with Crippen LogP contribution >= 0.6 is 0 Å². The van der Waals surface area contributed by atoms with Gasteiger partial charge in [0.25, 0.3) is 0 Å². The number of unbranched alkanes of at least 4 members (excludes halogenated alkanes) is 1. The summed E-state index contributed by atoms with van der Waals surface area (Å²) >= 11 is 0. The number of amides is 1. The summed E-state index contributed by atoms with van der Waals surface area (Å²) in [4.78, 5) is 23.4. The van der Waals surface area contributed by atoms with Gasteiger partial charge < -0.3 is 15.2 Å². The second-order valence-corrected chi connectivity index (χ2v) is 6.89. The largest absolute Gasteiger partial charge is 0.481 e. The number of carboxylic acid groups (broad SMARTS) is 1. The molecule has 1 heterocycles. The van der Waals surface area contributed by atoms with Gasteiger partial charge in [-0.1, -0.05) is 29.8 Å². The Labute approximate surface area is 149 Å². The molecule has 1 unspecified atom stereocenters. The molecular weight excluding hydrogens is 318 g/mol. The lowest BCUT2D eigenvalue weighted by atomic mass is 9.86. The van der Waals surface area contributed by atoms with Crippen LogP contribution in [-0.2, 0) is 20.7 Å². The molecule has 1 aromatic rings. The van der Waals surface area contributed by atoms with Crippen molar-refractivity contribution in [2.75, 3.05) is 19.8 Å². The van der Waals surface area contributed by atoms with E-state index in [2.05, 4.69) is 36.5 Å². The molecule has 1 aliphatic heterocycles. The van der Waals surface area contributed by atoms with E-state index in [-0.39, 0.29) is 18.4 Å². The van der Waals surface area contributed by atoms with Gasteiger partial charge in [0.05, 0.1) is 5.92 Å². The molecule has 0 spiro atoms. The number of hydrogen-bond donors (Lipinski definition) is 2. The Morgan fingerprint density at radius 3 is 2.52 bits per heavy atom. The third kappa shape index (κ3) is 6.86. The first-order valence-electron chi connectivity index (χ1n) is 9.19. The van der Waals surface area contributed by atoms with Gasteiger partial charge in [0.2, 0.25) is 5.91 Å². The Hall–Kier alpha value is -1.88. The van der Waals surface area contributed by atoms with E-state index in [1.165, 1.54) is 11.1 Å². The van der Waals surface area contributed by atoms with Gasteiger partial charge in [-0.15, -0.1) is 0 Å². The lowest BCUT2D eigenvalue weighted by molar-refractivity contribution is -0.145. The number of aliphatic carboxylic acids is 1. The molecule has 1 aromatic carbocycles. The van der Waals surface area contributed by atoms with Crippen molar-refractivity contribution in [1.82, 2.24) is 5.32 Å². The standard InChI is InChI=1S/C20H29NO4/c1-15-6-8-16(9-7-15)4-2-3-5-19(22)21-14-18(20(23)24)17-10-12-25-13-11-17/h6-9,17-18H,2-5,10-14H2,1H3,(H,21,22)(H,23,24). The number of benzene rings is 1. The number of carboxylic acids is 1. The zero-order valence-electron chi connectivity index (χ0n) is 15.0. The number of carbonyl (C=O) groups is 2. The van der Waals surface area contributed by atoms with Crippen molar-refractivity contribution in [3.05, 3.63) is 35.4 Å². The number of carbonyl (C=O) groups excluding carboxylic acids is 1. The minimum atomic E-state index is -0.827.